The van der Waals surface area contributed by atoms with Crippen LogP contribution in [0.15, 0.2) is 42.5 Å². The van der Waals surface area contributed by atoms with Crippen LogP contribution in [0.3, 0.4) is 0 Å². The lowest BCUT2D eigenvalue weighted by atomic mass is 10.1. The number of aromatic nitrogens is 1. The van der Waals surface area contributed by atoms with Gasteiger partial charge in [0.05, 0.1) is 10.2 Å². The van der Waals surface area contributed by atoms with Crippen molar-refractivity contribution < 1.29 is 4.79 Å². The zero-order valence-corrected chi connectivity index (χ0v) is 14.0. The van der Waals surface area contributed by atoms with E-state index in [1.54, 1.807) is 0 Å². The molecule has 5 heteroatoms. The molecule has 4 nitrogen and oxygen atoms in total. The number of carbonyl (C=O) groups is 1. The zero-order valence-electron chi connectivity index (χ0n) is 13.2. The van der Waals surface area contributed by atoms with E-state index in [0.717, 1.165) is 16.6 Å². The van der Waals surface area contributed by atoms with Gasteiger partial charge in [-0.2, -0.15) is 0 Å². The monoisotopic (exact) mass is 325 g/mol. The second kappa shape index (κ2) is 6.79. The van der Waals surface area contributed by atoms with Crippen molar-refractivity contribution in [2.24, 2.45) is 0 Å². The van der Waals surface area contributed by atoms with Crippen LogP contribution >= 0.6 is 11.3 Å². The molecule has 0 unspecified atom stereocenters. The molecule has 0 aliphatic heterocycles. The summed E-state index contributed by atoms with van der Waals surface area (Å²) in [4.78, 5) is 16.5. The van der Waals surface area contributed by atoms with Crippen molar-refractivity contribution in [2.75, 3.05) is 11.9 Å². The van der Waals surface area contributed by atoms with Crippen molar-refractivity contribution in [3.8, 4) is 0 Å². The second-order valence-corrected chi connectivity index (χ2v) is 6.56. The zero-order chi connectivity index (χ0) is 16.2. The van der Waals surface area contributed by atoms with Crippen molar-refractivity contribution in [2.45, 2.75) is 20.3 Å². The average Bonchev–Trinajstić information content (AvgIpc) is 2.91. The summed E-state index contributed by atoms with van der Waals surface area (Å²) >= 11 is 1.51. The molecular formula is C18H19N3OS. The Morgan fingerprint density at radius 1 is 1.17 bits per heavy atom. The van der Waals surface area contributed by atoms with E-state index >= 15 is 0 Å². The third-order valence-electron chi connectivity index (χ3n) is 3.58. The molecule has 0 bridgehead atoms. The second-order valence-electron chi connectivity index (χ2n) is 5.57. The summed E-state index contributed by atoms with van der Waals surface area (Å²) in [5, 5.41) is 6.32. The third-order valence-corrected chi connectivity index (χ3v) is 4.70. The fourth-order valence-electron chi connectivity index (χ4n) is 2.54. The van der Waals surface area contributed by atoms with Crippen LogP contribution in [0.25, 0.3) is 10.2 Å². The minimum absolute atomic E-state index is 0.214. The summed E-state index contributed by atoms with van der Waals surface area (Å²) in [6, 6.07) is 14.1. The average molecular weight is 325 g/mol. The number of benzene rings is 2. The molecule has 1 aromatic heterocycles. The number of urea groups is 1. The van der Waals surface area contributed by atoms with Crippen LogP contribution in [0.2, 0.25) is 0 Å². The molecule has 0 aliphatic rings. The highest BCUT2D eigenvalue weighted by Crippen LogP contribution is 2.29. The first-order valence-corrected chi connectivity index (χ1v) is 8.40. The normalized spacial score (nSPS) is 10.7. The summed E-state index contributed by atoms with van der Waals surface area (Å²) in [7, 11) is 0. The van der Waals surface area contributed by atoms with Crippen molar-refractivity contribution in [3.05, 3.63) is 59.2 Å². The Kier molecular flexibility index (Phi) is 4.57. The van der Waals surface area contributed by atoms with Gasteiger partial charge in [-0.25, -0.2) is 9.78 Å². The Hall–Kier alpha value is -2.40. The number of amides is 2. The number of nitrogens with zero attached hydrogens (tertiary/aromatic N) is 1. The van der Waals surface area contributed by atoms with E-state index < -0.39 is 0 Å². The van der Waals surface area contributed by atoms with E-state index in [0.29, 0.717) is 11.7 Å². The Morgan fingerprint density at radius 2 is 1.96 bits per heavy atom. The molecule has 0 saturated carbocycles. The molecule has 0 spiro atoms. The van der Waals surface area contributed by atoms with E-state index in [9.17, 15) is 4.79 Å². The first-order valence-electron chi connectivity index (χ1n) is 7.58. The van der Waals surface area contributed by atoms with E-state index in [2.05, 4.69) is 47.7 Å². The molecule has 2 amide bonds. The molecule has 0 saturated heterocycles. The lowest BCUT2D eigenvalue weighted by Gasteiger charge is -2.05. The number of thiazole rings is 1. The van der Waals surface area contributed by atoms with Gasteiger partial charge in [-0.05, 0) is 43.0 Å². The van der Waals surface area contributed by atoms with E-state index in [1.165, 1.54) is 28.0 Å². The maximum atomic E-state index is 12.0. The van der Waals surface area contributed by atoms with Gasteiger partial charge in [0.2, 0.25) is 0 Å². The predicted octanol–water partition coefficient (Wildman–Crippen LogP) is 4.28. The number of hydrogen-bond acceptors (Lipinski definition) is 3. The van der Waals surface area contributed by atoms with Gasteiger partial charge in [0.15, 0.2) is 5.13 Å². The number of rotatable bonds is 4. The number of aryl methyl sites for hydroxylation is 2. The Bertz CT molecular complexity index is 827. The minimum Gasteiger partial charge on any atom is -0.337 e. The SMILES string of the molecule is Cc1cc(C)c2sc(NC(=O)NCCc3ccccc3)nc2c1. The fraction of sp³-hybridized carbons (Fsp3) is 0.222. The molecule has 3 rings (SSSR count). The highest BCUT2D eigenvalue weighted by molar-refractivity contribution is 7.22. The van der Waals surface area contributed by atoms with E-state index in [4.69, 9.17) is 0 Å². The Morgan fingerprint density at radius 3 is 2.74 bits per heavy atom. The molecule has 23 heavy (non-hydrogen) atoms. The summed E-state index contributed by atoms with van der Waals surface area (Å²) in [6.07, 6.45) is 0.812. The predicted molar refractivity (Wildman–Crippen MR) is 96.3 cm³/mol. The van der Waals surface area contributed by atoms with Crippen molar-refractivity contribution in [1.82, 2.24) is 10.3 Å². The molecular weight excluding hydrogens is 306 g/mol. The fourth-order valence-corrected chi connectivity index (χ4v) is 3.45. The van der Waals surface area contributed by atoms with Crippen LogP contribution in [-0.2, 0) is 6.42 Å². The largest absolute Gasteiger partial charge is 0.337 e. The summed E-state index contributed by atoms with van der Waals surface area (Å²) in [5.41, 5.74) is 4.51. The molecule has 0 radical (unpaired) electrons. The van der Waals surface area contributed by atoms with Gasteiger partial charge in [0.1, 0.15) is 0 Å². The molecule has 118 valence electrons. The third kappa shape index (κ3) is 3.87. The van der Waals surface area contributed by atoms with Crippen molar-refractivity contribution >= 4 is 32.7 Å². The van der Waals surface area contributed by atoms with Crippen molar-refractivity contribution in [1.29, 1.82) is 0 Å². The van der Waals surface area contributed by atoms with Gasteiger partial charge in [0, 0.05) is 6.54 Å². The lowest BCUT2D eigenvalue weighted by molar-refractivity contribution is 0.252. The molecule has 0 aliphatic carbocycles. The first kappa shape index (κ1) is 15.5. The van der Waals surface area contributed by atoms with Crippen LogP contribution in [0, 0.1) is 13.8 Å². The highest BCUT2D eigenvalue weighted by Gasteiger charge is 2.09. The number of fused-ring (bicyclic) bond motifs is 1. The molecule has 0 atom stereocenters. The molecule has 2 aromatic carbocycles. The minimum atomic E-state index is -0.214. The smallest absolute Gasteiger partial charge is 0.321 e. The topological polar surface area (TPSA) is 54.0 Å². The van der Waals surface area contributed by atoms with Crippen molar-refractivity contribution in [3.63, 3.8) is 0 Å². The number of anilines is 1. The van der Waals surface area contributed by atoms with Crippen LogP contribution < -0.4 is 10.6 Å². The van der Waals surface area contributed by atoms with Gasteiger partial charge >= 0.3 is 6.03 Å². The Labute approximate surface area is 139 Å². The molecule has 1 heterocycles. The van der Waals surface area contributed by atoms with E-state index in [-0.39, 0.29) is 6.03 Å². The lowest BCUT2D eigenvalue weighted by Crippen LogP contribution is -2.30. The van der Waals surface area contributed by atoms with Gasteiger partial charge < -0.3 is 5.32 Å². The van der Waals surface area contributed by atoms with Crippen LogP contribution in [0.4, 0.5) is 9.93 Å². The molecule has 2 N–H and O–H groups in total. The Balaban J connectivity index is 1.58. The van der Waals surface area contributed by atoms with Gasteiger partial charge in [-0.3, -0.25) is 5.32 Å². The van der Waals surface area contributed by atoms with Gasteiger partial charge in [-0.15, -0.1) is 0 Å². The number of hydrogen-bond donors (Lipinski definition) is 2. The summed E-state index contributed by atoms with van der Waals surface area (Å²) in [5.74, 6) is 0. The van der Waals surface area contributed by atoms with Crippen LogP contribution in [-0.4, -0.2) is 17.6 Å². The van der Waals surface area contributed by atoms with Crippen LogP contribution in [0.5, 0.6) is 0 Å². The maximum Gasteiger partial charge on any atom is 0.321 e. The quantitative estimate of drug-likeness (QED) is 0.752. The highest BCUT2D eigenvalue weighted by atomic mass is 32.1. The standard InChI is InChI=1S/C18H19N3OS/c1-12-10-13(2)16-15(11-12)20-18(23-16)21-17(22)19-9-8-14-6-4-3-5-7-14/h3-7,10-11H,8-9H2,1-2H3,(H2,19,20,21,22). The van der Waals surface area contributed by atoms with Gasteiger partial charge in [-0.1, -0.05) is 47.7 Å². The summed E-state index contributed by atoms with van der Waals surface area (Å²) < 4.78 is 1.12. The van der Waals surface area contributed by atoms with Gasteiger partial charge in [0.25, 0.3) is 0 Å². The van der Waals surface area contributed by atoms with Crippen LogP contribution in [0.1, 0.15) is 16.7 Å². The number of carbonyl (C=O) groups excluding carboxylic acids is 1. The first-order chi connectivity index (χ1) is 11.1. The molecule has 0 fully saturated rings. The molecule has 3 aromatic rings. The number of nitrogens with one attached hydrogen (secondary N) is 2. The summed E-state index contributed by atoms with van der Waals surface area (Å²) in [6.45, 7) is 4.71. The maximum absolute atomic E-state index is 12.0. The van der Waals surface area contributed by atoms with E-state index in [1.807, 2.05) is 24.3 Å².